The minimum atomic E-state index is -1.93. The van der Waals surface area contributed by atoms with Gasteiger partial charge in [0.05, 0.1) is 43.2 Å². The second kappa shape index (κ2) is 13.1. The van der Waals surface area contributed by atoms with E-state index in [0.717, 1.165) is 33.2 Å². The number of hydrogen-bond donors (Lipinski definition) is 2. The predicted molar refractivity (Wildman–Crippen MR) is 199 cm³/mol. The maximum Gasteiger partial charge on any atom is 0.264 e. The normalized spacial score (nSPS) is 19.8. The van der Waals surface area contributed by atoms with Crippen molar-refractivity contribution >= 4 is 45.6 Å². The third-order valence-electron chi connectivity index (χ3n) is 10.8. The molecule has 0 radical (unpaired) electrons. The number of hydrogen-bond acceptors (Lipinski definition) is 6. The Morgan fingerprint density at radius 3 is 2.50 bits per heavy atom. The van der Waals surface area contributed by atoms with Crippen molar-refractivity contribution in [3.63, 3.8) is 0 Å². The van der Waals surface area contributed by atoms with Crippen molar-refractivity contribution in [2.24, 2.45) is 5.92 Å². The van der Waals surface area contributed by atoms with Gasteiger partial charge in [-0.2, -0.15) is 0 Å². The molecule has 5 aromatic rings. The van der Waals surface area contributed by atoms with E-state index in [0.29, 0.717) is 41.2 Å². The molecule has 0 spiro atoms. The molecule has 3 heterocycles. The van der Waals surface area contributed by atoms with Gasteiger partial charge in [0.2, 0.25) is 5.91 Å². The number of aliphatic hydroxyl groups excluding tert-OH is 1. The second-order valence-electron chi connectivity index (χ2n) is 13.8. The number of benzene rings is 5. The van der Waals surface area contributed by atoms with Crippen LogP contribution in [-0.2, 0) is 34.7 Å². The van der Waals surface area contributed by atoms with Crippen LogP contribution in [0.25, 0.3) is 10.8 Å². The Morgan fingerprint density at radius 1 is 0.942 bits per heavy atom. The van der Waals surface area contributed by atoms with Crippen molar-refractivity contribution in [3.8, 4) is 5.75 Å². The molecular weight excluding hydrogens is 654 g/mol. The summed E-state index contributed by atoms with van der Waals surface area (Å²) in [4.78, 5) is 46.4. The number of methoxy groups -OCH3 is 1. The Hall–Kier alpha value is -5.77. The molecule has 0 saturated heterocycles. The first kappa shape index (κ1) is 33.4. The van der Waals surface area contributed by atoms with E-state index in [1.54, 1.807) is 52.0 Å². The summed E-state index contributed by atoms with van der Waals surface area (Å²) in [6.07, 6.45) is 4.06. The van der Waals surface area contributed by atoms with Gasteiger partial charge in [0.1, 0.15) is 5.75 Å². The summed E-state index contributed by atoms with van der Waals surface area (Å²) in [5, 5.41) is 24.3. The monoisotopic (exact) mass is 693 g/mol. The highest BCUT2D eigenvalue weighted by molar-refractivity contribution is 6.27. The van der Waals surface area contributed by atoms with Crippen LogP contribution >= 0.6 is 0 Å². The minimum absolute atomic E-state index is 0.0571. The molecule has 5 aromatic carbocycles. The predicted octanol–water partition coefficient (Wildman–Crippen LogP) is 6.40. The number of carbonyl (C=O) groups excluding carboxylic acids is 3. The van der Waals surface area contributed by atoms with Crippen LogP contribution in [0.4, 0.5) is 17.1 Å². The van der Waals surface area contributed by atoms with Gasteiger partial charge in [0.25, 0.3) is 11.8 Å². The number of amides is 3. The zero-order chi connectivity index (χ0) is 36.1. The highest BCUT2D eigenvalue weighted by Crippen LogP contribution is 2.48. The molecular formula is C43H39N3O6. The Bertz CT molecular complexity index is 2280. The van der Waals surface area contributed by atoms with Gasteiger partial charge < -0.3 is 24.7 Å². The molecule has 8 rings (SSSR count). The maximum atomic E-state index is 14.4. The van der Waals surface area contributed by atoms with E-state index in [1.165, 1.54) is 7.11 Å². The highest BCUT2D eigenvalue weighted by atomic mass is 16.5. The number of rotatable bonds is 9. The Balaban J connectivity index is 1.04. The summed E-state index contributed by atoms with van der Waals surface area (Å²) < 4.78 is 5.49. The summed E-state index contributed by atoms with van der Waals surface area (Å²) in [6, 6.07) is 32.0. The SMILES string of the molecule is COc1ccc2c(c1)[C@@](O)([C@H](C)/C=C/CC(=O)N1Cc3ccccc3C[C@H]1CO)C(=O)N2Cc1cccc(N2C(=O)c3cccc4cccc2c34)c1. The summed E-state index contributed by atoms with van der Waals surface area (Å²) in [7, 11) is 1.53. The fourth-order valence-corrected chi connectivity index (χ4v) is 8.03. The van der Waals surface area contributed by atoms with Gasteiger partial charge in [0.15, 0.2) is 5.60 Å². The van der Waals surface area contributed by atoms with Crippen LogP contribution in [0.2, 0.25) is 0 Å². The Kier molecular flexibility index (Phi) is 8.40. The van der Waals surface area contributed by atoms with Crippen molar-refractivity contribution < 1.29 is 29.3 Å². The van der Waals surface area contributed by atoms with E-state index in [9.17, 15) is 24.6 Å². The maximum absolute atomic E-state index is 14.4. The summed E-state index contributed by atoms with van der Waals surface area (Å²) in [5.74, 6) is -0.939. The minimum Gasteiger partial charge on any atom is -0.497 e. The number of fused-ring (bicyclic) bond motifs is 2. The van der Waals surface area contributed by atoms with Crippen LogP contribution in [0.1, 0.15) is 46.0 Å². The van der Waals surface area contributed by atoms with Crippen molar-refractivity contribution in [3.05, 3.63) is 143 Å². The number of anilines is 3. The van der Waals surface area contributed by atoms with Gasteiger partial charge in [-0.15, -0.1) is 0 Å². The lowest BCUT2D eigenvalue weighted by Gasteiger charge is -2.36. The highest BCUT2D eigenvalue weighted by Gasteiger charge is 2.52. The van der Waals surface area contributed by atoms with Crippen molar-refractivity contribution in [2.75, 3.05) is 23.5 Å². The number of nitrogens with zero attached hydrogens (tertiary/aromatic N) is 3. The molecule has 0 saturated carbocycles. The van der Waals surface area contributed by atoms with Crippen molar-refractivity contribution in [1.29, 1.82) is 0 Å². The largest absolute Gasteiger partial charge is 0.497 e. The van der Waals surface area contributed by atoms with Crippen molar-refractivity contribution in [2.45, 2.75) is 44.5 Å². The quantitative estimate of drug-likeness (QED) is 0.173. The van der Waals surface area contributed by atoms with Gasteiger partial charge in [-0.3, -0.25) is 19.3 Å². The fourth-order valence-electron chi connectivity index (χ4n) is 8.03. The lowest BCUT2D eigenvalue weighted by atomic mass is 9.82. The molecule has 0 aliphatic carbocycles. The van der Waals surface area contributed by atoms with E-state index in [2.05, 4.69) is 0 Å². The molecule has 9 heteroatoms. The molecule has 0 bridgehead atoms. The Labute approximate surface area is 302 Å². The summed E-state index contributed by atoms with van der Waals surface area (Å²) in [5.41, 5.74) is 4.18. The van der Waals surface area contributed by atoms with Gasteiger partial charge in [-0.1, -0.05) is 79.7 Å². The zero-order valence-corrected chi connectivity index (χ0v) is 29.0. The third kappa shape index (κ3) is 5.36. The van der Waals surface area contributed by atoms with E-state index >= 15 is 0 Å². The molecule has 3 aliphatic rings. The molecule has 9 nitrogen and oxygen atoms in total. The molecule has 3 aliphatic heterocycles. The summed E-state index contributed by atoms with van der Waals surface area (Å²) >= 11 is 0. The third-order valence-corrected chi connectivity index (χ3v) is 10.8. The topological polar surface area (TPSA) is 111 Å². The molecule has 3 atom stereocenters. The van der Waals surface area contributed by atoms with E-state index in [-0.39, 0.29) is 37.4 Å². The smallest absolute Gasteiger partial charge is 0.264 e. The van der Waals surface area contributed by atoms with Crippen LogP contribution < -0.4 is 14.5 Å². The van der Waals surface area contributed by atoms with Gasteiger partial charge in [-0.05, 0) is 71.0 Å². The van der Waals surface area contributed by atoms with E-state index in [1.807, 2.05) is 84.9 Å². The number of aliphatic hydroxyl groups is 2. The first-order chi connectivity index (χ1) is 25.2. The first-order valence-electron chi connectivity index (χ1n) is 17.5. The molecule has 0 unspecified atom stereocenters. The average Bonchev–Trinajstić information content (AvgIpc) is 3.58. The van der Waals surface area contributed by atoms with Crippen LogP contribution in [0.5, 0.6) is 5.75 Å². The van der Waals surface area contributed by atoms with Gasteiger partial charge in [0, 0.05) is 35.5 Å². The van der Waals surface area contributed by atoms with Crippen molar-refractivity contribution in [1.82, 2.24) is 4.90 Å². The molecule has 52 heavy (non-hydrogen) atoms. The summed E-state index contributed by atoms with van der Waals surface area (Å²) in [6.45, 7) is 2.20. The molecule has 0 fully saturated rings. The lowest BCUT2D eigenvalue weighted by molar-refractivity contribution is -0.139. The lowest BCUT2D eigenvalue weighted by Crippen LogP contribution is -2.46. The van der Waals surface area contributed by atoms with Crippen LogP contribution in [0, 0.1) is 5.92 Å². The van der Waals surface area contributed by atoms with Gasteiger partial charge >= 0.3 is 0 Å². The fraction of sp³-hybridized carbons (Fsp3) is 0.233. The first-order valence-corrected chi connectivity index (χ1v) is 17.5. The second-order valence-corrected chi connectivity index (χ2v) is 13.8. The number of ether oxygens (including phenoxy) is 1. The van der Waals surface area contributed by atoms with Crippen LogP contribution in [0.15, 0.2) is 115 Å². The molecule has 0 aromatic heterocycles. The number of carbonyl (C=O) groups is 3. The average molecular weight is 694 g/mol. The molecule has 2 N–H and O–H groups in total. The molecule has 262 valence electrons. The standard InChI is InChI=1S/C43H39N3O6/c1-27(9-5-18-39(48)44-25-31-12-4-3-11-30(31)22-33(44)26-47)43(51)36-23-34(52-2)19-20-37(36)45(42(43)50)24-28-10-6-15-32(21-28)46-38-17-8-14-29-13-7-16-35(40(29)38)41(46)49/h3-17,19-21,23,27,33,47,51H,18,22,24-26H2,1-2H3/b9-5+/t27-,33+,43+/m1/s1. The van der Waals surface area contributed by atoms with Gasteiger partial charge in [-0.25, -0.2) is 0 Å². The molecule has 3 amide bonds. The van der Waals surface area contributed by atoms with E-state index < -0.39 is 17.4 Å². The van der Waals surface area contributed by atoms with Crippen LogP contribution in [0.3, 0.4) is 0 Å². The zero-order valence-electron chi connectivity index (χ0n) is 29.0. The van der Waals surface area contributed by atoms with E-state index in [4.69, 9.17) is 4.74 Å². The van der Waals surface area contributed by atoms with Crippen LogP contribution in [-0.4, -0.2) is 52.6 Å². The Morgan fingerprint density at radius 2 is 1.71 bits per heavy atom.